The number of nitriles is 1. The van der Waals surface area contributed by atoms with Crippen LogP contribution in [0.4, 0.5) is 0 Å². The fourth-order valence-corrected chi connectivity index (χ4v) is 3.93. The Bertz CT molecular complexity index is 1230. The molecule has 0 bridgehead atoms. The predicted octanol–water partition coefficient (Wildman–Crippen LogP) is 3.40. The molecular weight excluding hydrogens is 418 g/mol. The molecule has 0 saturated carbocycles. The zero-order valence-corrected chi connectivity index (χ0v) is 17.4. The van der Waals surface area contributed by atoms with E-state index < -0.39 is 11.7 Å². The summed E-state index contributed by atoms with van der Waals surface area (Å²) in [5.74, 6) is -0.898. The summed E-state index contributed by atoms with van der Waals surface area (Å²) in [5, 5.41) is 10.2. The molecule has 1 N–H and O–H groups in total. The molecule has 8 nitrogen and oxygen atoms in total. The highest BCUT2D eigenvalue weighted by Gasteiger charge is 2.30. The maximum atomic E-state index is 13.0. The van der Waals surface area contributed by atoms with E-state index in [2.05, 4.69) is 21.0 Å². The van der Waals surface area contributed by atoms with E-state index >= 15 is 0 Å². The number of ketones is 1. The first-order valence-corrected chi connectivity index (χ1v) is 9.99. The average molecular weight is 436 g/mol. The lowest BCUT2D eigenvalue weighted by atomic mass is 9.96. The summed E-state index contributed by atoms with van der Waals surface area (Å²) in [4.78, 5) is 38.6. The Labute approximate surface area is 183 Å². The molecule has 3 aromatic heterocycles. The Balaban J connectivity index is 1.55. The van der Waals surface area contributed by atoms with Crippen molar-refractivity contribution in [1.29, 1.82) is 5.26 Å². The van der Waals surface area contributed by atoms with Gasteiger partial charge >= 0.3 is 0 Å². The molecule has 0 aromatic carbocycles. The van der Waals surface area contributed by atoms with Gasteiger partial charge in [-0.05, 0) is 30.5 Å². The highest BCUT2D eigenvalue weighted by Crippen LogP contribution is 2.33. The quantitative estimate of drug-likeness (QED) is 0.291. The molecule has 4 rings (SSSR count). The maximum absolute atomic E-state index is 13.0. The predicted molar refractivity (Wildman–Crippen MR) is 115 cm³/mol. The van der Waals surface area contributed by atoms with Crippen LogP contribution in [0.2, 0.25) is 5.15 Å². The lowest BCUT2D eigenvalue weighted by Crippen LogP contribution is -2.40. The summed E-state index contributed by atoms with van der Waals surface area (Å²) >= 11 is 6.10. The molecule has 0 radical (unpaired) electrons. The van der Waals surface area contributed by atoms with Gasteiger partial charge in [0.2, 0.25) is 0 Å². The van der Waals surface area contributed by atoms with Crippen LogP contribution in [0.5, 0.6) is 5.75 Å². The van der Waals surface area contributed by atoms with Gasteiger partial charge in [-0.15, -0.1) is 0 Å². The third-order valence-electron chi connectivity index (χ3n) is 5.33. The SMILES string of the molecule is COc1cnc(Cl)c2[nH]cc(C(=O)C(=O)N3CCC(=C(C#N)c4ccccn4)CC3)c12. The number of hydrogen-bond donors (Lipinski definition) is 1. The van der Waals surface area contributed by atoms with Crippen LogP contribution in [-0.4, -0.2) is 51.7 Å². The van der Waals surface area contributed by atoms with Gasteiger partial charge in [0, 0.05) is 25.5 Å². The van der Waals surface area contributed by atoms with Crippen LogP contribution < -0.4 is 4.74 Å². The first-order valence-electron chi connectivity index (χ1n) is 9.61. The van der Waals surface area contributed by atoms with Crippen LogP contribution in [0.1, 0.15) is 28.9 Å². The van der Waals surface area contributed by atoms with Gasteiger partial charge in [-0.25, -0.2) is 4.98 Å². The van der Waals surface area contributed by atoms with Gasteiger partial charge < -0.3 is 14.6 Å². The molecule has 156 valence electrons. The van der Waals surface area contributed by atoms with Crippen molar-refractivity contribution in [3.8, 4) is 11.8 Å². The Morgan fingerprint density at radius 1 is 1.26 bits per heavy atom. The lowest BCUT2D eigenvalue weighted by molar-refractivity contribution is -0.126. The van der Waals surface area contributed by atoms with Crippen molar-refractivity contribution in [2.75, 3.05) is 20.2 Å². The number of carbonyl (C=O) groups excluding carboxylic acids is 2. The number of likely N-dealkylation sites (tertiary alicyclic amines) is 1. The molecule has 0 aliphatic carbocycles. The molecule has 3 aromatic rings. The number of fused-ring (bicyclic) bond motifs is 1. The molecule has 1 saturated heterocycles. The number of pyridine rings is 2. The van der Waals surface area contributed by atoms with E-state index in [0.717, 1.165) is 5.57 Å². The molecule has 9 heteroatoms. The van der Waals surface area contributed by atoms with Crippen LogP contribution in [0, 0.1) is 11.3 Å². The second kappa shape index (κ2) is 8.58. The van der Waals surface area contributed by atoms with Gasteiger partial charge in [-0.1, -0.05) is 17.7 Å². The minimum Gasteiger partial charge on any atom is -0.494 e. The molecule has 1 amide bonds. The molecule has 31 heavy (non-hydrogen) atoms. The van der Waals surface area contributed by atoms with Crippen molar-refractivity contribution in [3.63, 3.8) is 0 Å². The number of ether oxygens (including phenoxy) is 1. The normalized spacial score (nSPS) is 13.7. The van der Waals surface area contributed by atoms with E-state index in [1.165, 1.54) is 24.4 Å². The standard InChI is InChI=1S/C22H18ClN5O3/c1-31-17-12-27-21(23)19-18(17)15(11-26-19)20(29)22(30)28-8-5-13(6-9-28)14(10-24)16-4-2-3-7-25-16/h2-4,7,11-12,26H,5-6,8-9H2,1H3. The average Bonchev–Trinajstić information content (AvgIpc) is 3.26. The van der Waals surface area contributed by atoms with Crippen molar-refractivity contribution in [2.45, 2.75) is 12.8 Å². The number of carbonyl (C=O) groups is 2. The highest BCUT2D eigenvalue weighted by atomic mass is 35.5. The van der Waals surface area contributed by atoms with Crippen LogP contribution in [0.25, 0.3) is 16.5 Å². The second-order valence-corrected chi connectivity index (χ2v) is 7.35. The van der Waals surface area contributed by atoms with Gasteiger partial charge in [-0.3, -0.25) is 14.6 Å². The zero-order chi connectivity index (χ0) is 22.0. The van der Waals surface area contributed by atoms with E-state index in [9.17, 15) is 14.9 Å². The Kier molecular flexibility index (Phi) is 5.69. The van der Waals surface area contributed by atoms with Gasteiger partial charge in [0.05, 0.1) is 41.0 Å². The van der Waals surface area contributed by atoms with Crippen LogP contribution >= 0.6 is 11.6 Å². The third kappa shape index (κ3) is 3.76. The number of allylic oxidation sites excluding steroid dienone is 1. The summed E-state index contributed by atoms with van der Waals surface area (Å²) in [5.41, 5.74) is 2.71. The lowest BCUT2D eigenvalue weighted by Gasteiger charge is -2.28. The summed E-state index contributed by atoms with van der Waals surface area (Å²) in [6.45, 7) is 0.694. The number of rotatable bonds is 4. The van der Waals surface area contributed by atoms with Crippen molar-refractivity contribution >= 4 is 39.8 Å². The number of halogens is 1. The summed E-state index contributed by atoms with van der Waals surface area (Å²) in [7, 11) is 1.46. The third-order valence-corrected chi connectivity index (χ3v) is 5.61. The number of piperidine rings is 1. The van der Waals surface area contributed by atoms with E-state index in [0.29, 0.717) is 53.9 Å². The maximum Gasteiger partial charge on any atom is 0.295 e. The Morgan fingerprint density at radius 3 is 2.68 bits per heavy atom. The molecule has 4 heterocycles. The summed E-state index contributed by atoms with van der Waals surface area (Å²) in [6.07, 6.45) is 5.52. The minimum atomic E-state index is -0.649. The van der Waals surface area contributed by atoms with Crippen molar-refractivity contribution in [2.24, 2.45) is 0 Å². The van der Waals surface area contributed by atoms with Crippen molar-refractivity contribution in [1.82, 2.24) is 19.9 Å². The van der Waals surface area contributed by atoms with E-state index in [4.69, 9.17) is 16.3 Å². The van der Waals surface area contributed by atoms with E-state index in [-0.39, 0.29) is 10.7 Å². The zero-order valence-electron chi connectivity index (χ0n) is 16.7. The number of nitrogens with zero attached hydrogens (tertiary/aromatic N) is 4. The first kappa shape index (κ1) is 20.6. The Hall–Kier alpha value is -3.70. The largest absolute Gasteiger partial charge is 0.494 e. The van der Waals surface area contributed by atoms with Crippen LogP contribution in [-0.2, 0) is 4.79 Å². The number of Topliss-reactive ketones (excluding diaryl/α,β-unsaturated/α-hetero) is 1. The first-order chi connectivity index (χ1) is 15.0. The number of nitrogens with one attached hydrogen (secondary N) is 1. The van der Waals surface area contributed by atoms with Gasteiger partial charge in [-0.2, -0.15) is 5.26 Å². The fraction of sp³-hybridized carbons (Fsp3) is 0.227. The number of hydrogen-bond acceptors (Lipinski definition) is 6. The van der Waals surface area contributed by atoms with E-state index in [1.54, 1.807) is 18.3 Å². The van der Waals surface area contributed by atoms with Gasteiger partial charge in [0.1, 0.15) is 11.8 Å². The Morgan fingerprint density at radius 2 is 2.03 bits per heavy atom. The molecule has 1 fully saturated rings. The van der Waals surface area contributed by atoms with Crippen molar-refractivity contribution in [3.05, 3.63) is 58.8 Å². The molecule has 1 aliphatic heterocycles. The number of methoxy groups -OCH3 is 1. The number of aromatic nitrogens is 3. The van der Waals surface area contributed by atoms with Gasteiger partial charge in [0.25, 0.3) is 11.7 Å². The number of aromatic amines is 1. The molecule has 1 aliphatic rings. The smallest absolute Gasteiger partial charge is 0.295 e. The second-order valence-electron chi connectivity index (χ2n) is 7.00. The fourth-order valence-electron chi connectivity index (χ4n) is 3.74. The molecule has 0 unspecified atom stereocenters. The molecule has 0 atom stereocenters. The monoisotopic (exact) mass is 435 g/mol. The van der Waals surface area contributed by atoms with Crippen LogP contribution in [0.3, 0.4) is 0 Å². The highest BCUT2D eigenvalue weighted by molar-refractivity contribution is 6.45. The van der Waals surface area contributed by atoms with E-state index in [1.807, 2.05) is 6.07 Å². The summed E-state index contributed by atoms with van der Waals surface area (Å²) < 4.78 is 5.29. The molecule has 0 spiro atoms. The minimum absolute atomic E-state index is 0.189. The number of H-pyrrole nitrogens is 1. The summed E-state index contributed by atoms with van der Waals surface area (Å²) in [6, 6.07) is 7.63. The number of amides is 1. The van der Waals surface area contributed by atoms with Crippen molar-refractivity contribution < 1.29 is 14.3 Å². The van der Waals surface area contributed by atoms with Crippen LogP contribution in [0.15, 0.2) is 42.4 Å². The topological polar surface area (TPSA) is 112 Å². The molecular formula is C22H18ClN5O3. The van der Waals surface area contributed by atoms with Gasteiger partial charge in [0.15, 0.2) is 5.15 Å².